The van der Waals surface area contributed by atoms with Crippen molar-refractivity contribution in [2.75, 3.05) is 12.4 Å². The zero-order valence-electron chi connectivity index (χ0n) is 11.2. The first-order chi connectivity index (χ1) is 9.98. The van der Waals surface area contributed by atoms with E-state index in [0.29, 0.717) is 6.07 Å². The standard InChI is InChI=1S/C11H10F3NO6S/c1-6(16)15-8-4-3-7(10(17)20-2)5-9(8)21-22(18,19)11(12,13)14/h3-5H,1-2H3,(H,15,16). The van der Waals surface area contributed by atoms with Gasteiger partial charge in [-0.05, 0) is 18.2 Å². The second kappa shape index (κ2) is 6.22. The summed E-state index contributed by atoms with van der Waals surface area (Å²) in [4.78, 5) is 22.3. The van der Waals surface area contributed by atoms with Gasteiger partial charge in [-0.25, -0.2) is 4.79 Å². The number of amides is 1. The molecule has 0 atom stereocenters. The average molecular weight is 341 g/mol. The third-order valence-electron chi connectivity index (χ3n) is 2.20. The van der Waals surface area contributed by atoms with Crippen LogP contribution in [0.15, 0.2) is 18.2 Å². The quantitative estimate of drug-likeness (QED) is 0.508. The van der Waals surface area contributed by atoms with E-state index in [-0.39, 0.29) is 11.3 Å². The normalized spacial score (nSPS) is 11.7. The zero-order chi connectivity index (χ0) is 17.1. The van der Waals surface area contributed by atoms with Gasteiger partial charge in [-0.15, -0.1) is 0 Å². The molecule has 0 saturated carbocycles. The Morgan fingerprint density at radius 1 is 1.23 bits per heavy atom. The number of methoxy groups -OCH3 is 1. The Labute approximate surface area is 123 Å². The summed E-state index contributed by atoms with van der Waals surface area (Å²) in [7, 11) is -4.94. The summed E-state index contributed by atoms with van der Waals surface area (Å²) in [5, 5.41) is 2.08. The Kier molecular flexibility index (Phi) is 5.02. The second-order valence-electron chi connectivity index (χ2n) is 3.87. The molecule has 0 saturated heterocycles. The van der Waals surface area contributed by atoms with Crippen LogP contribution in [0.5, 0.6) is 5.75 Å². The molecular formula is C11H10F3NO6S. The molecule has 0 aliphatic heterocycles. The molecule has 22 heavy (non-hydrogen) atoms. The van der Waals surface area contributed by atoms with Crippen LogP contribution in [0.25, 0.3) is 0 Å². The first-order valence-electron chi connectivity index (χ1n) is 5.48. The van der Waals surface area contributed by atoms with E-state index in [4.69, 9.17) is 0 Å². The van der Waals surface area contributed by atoms with Crippen molar-refractivity contribution in [3.05, 3.63) is 23.8 Å². The van der Waals surface area contributed by atoms with Gasteiger partial charge in [-0.1, -0.05) is 0 Å². The Morgan fingerprint density at radius 2 is 1.82 bits per heavy atom. The van der Waals surface area contributed by atoms with Crippen LogP contribution in [0.4, 0.5) is 18.9 Å². The first-order valence-corrected chi connectivity index (χ1v) is 6.89. The molecule has 0 fully saturated rings. The molecule has 1 aromatic rings. The molecule has 1 N–H and O–H groups in total. The fourth-order valence-electron chi connectivity index (χ4n) is 1.29. The van der Waals surface area contributed by atoms with Gasteiger partial charge >= 0.3 is 21.6 Å². The topological polar surface area (TPSA) is 98.8 Å². The molecule has 0 aliphatic rings. The van der Waals surface area contributed by atoms with Gasteiger partial charge in [0.15, 0.2) is 5.75 Å². The molecule has 0 aromatic heterocycles. The predicted octanol–water partition coefficient (Wildman–Crippen LogP) is 1.66. The molecule has 0 unspecified atom stereocenters. The Balaban J connectivity index is 3.34. The van der Waals surface area contributed by atoms with Gasteiger partial charge in [0.25, 0.3) is 0 Å². The first kappa shape index (κ1) is 17.8. The van der Waals surface area contributed by atoms with Gasteiger partial charge in [0.05, 0.1) is 18.4 Å². The third-order valence-corrected chi connectivity index (χ3v) is 3.16. The molecule has 122 valence electrons. The van der Waals surface area contributed by atoms with E-state index < -0.39 is 33.3 Å². The number of carbonyl (C=O) groups is 2. The molecule has 0 aliphatic carbocycles. The lowest BCUT2D eigenvalue weighted by atomic mass is 10.2. The van der Waals surface area contributed by atoms with Crippen LogP contribution >= 0.6 is 0 Å². The fourth-order valence-corrected chi connectivity index (χ4v) is 1.76. The summed E-state index contributed by atoms with van der Waals surface area (Å²) in [5.74, 6) is -2.47. The van der Waals surface area contributed by atoms with Crippen LogP contribution < -0.4 is 9.50 Å². The molecule has 0 radical (unpaired) electrons. The van der Waals surface area contributed by atoms with Crippen molar-refractivity contribution in [1.82, 2.24) is 0 Å². The summed E-state index contributed by atoms with van der Waals surface area (Å²) in [6.07, 6.45) is 0. The average Bonchev–Trinajstić information content (AvgIpc) is 2.37. The van der Waals surface area contributed by atoms with Crippen molar-refractivity contribution < 1.29 is 40.1 Å². The van der Waals surface area contributed by atoms with Gasteiger partial charge in [-0.2, -0.15) is 21.6 Å². The second-order valence-corrected chi connectivity index (χ2v) is 5.40. The van der Waals surface area contributed by atoms with Crippen molar-refractivity contribution in [3.8, 4) is 5.75 Å². The molecular weight excluding hydrogens is 331 g/mol. The van der Waals surface area contributed by atoms with E-state index in [2.05, 4.69) is 14.2 Å². The lowest BCUT2D eigenvalue weighted by Crippen LogP contribution is -2.28. The van der Waals surface area contributed by atoms with E-state index >= 15 is 0 Å². The Morgan fingerprint density at radius 3 is 2.27 bits per heavy atom. The van der Waals surface area contributed by atoms with Crippen molar-refractivity contribution in [1.29, 1.82) is 0 Å². The number of hydrogen-bond donors (Lipinski definition) is 1. The molecule has 0 heterocycles. The maximum absolute atomic E-state index is 12.3. The van der Waals surface area contributed by atoms with Gasteiger partial charge in [-0.3, -0.25) is 4.79 Å². The summed E-state index contributed by atoms with van der Waals surface area (Å²) >= 11 is 0. The van der Waals surface area contributed by atoms with E-state index in [9.17, 15) is 31.2 Å². The number of carbonyl (C=O) groups excluding carboxylic acids is 2. The minimum absolute atomic E-state index is 0.260. The SMILES string of the molecule is COC(=O)c1ccc(NC(C)=O)c(OS(=O)(=O)C(F)(F)F)c1. The number of halogens is 3. The van der Waals surface area contributed by atoms with Gasteiger partial charge in [0.2, 0.25) is 5.91 Å². The third kappa shape index (κ3) is 4.10. The van der Waals surface area contributed by atoms with Crippen molar-refractivity contribution >= 4 is 27.7 Å². The van der Waals surface area contributed by atoms with Gasteiger partial charge < -0.3 is 14.2 Å². The predicted molar refractivity (Wildman–Crippen MR) is 67.7 cm³/mol. The zero-order valence-corrected chi connectivity index (χ0v) is 12.0. The van der Waals surface area contributed by atoms with Crippen LogP contribution in [-0.2, 0) is 19.6 Å². The Bertz CT molecular complexity index is 698. The molecule has 1 rings (SSSR count). The van der Waals surface area contributed by atoms with Crippen LogP contribution in [0.3, 0.4) is 0 Å². The fraction of sp³-hybridized carbons (Fsp3) is 0.273. The minimum atomic E-state index is -5.96. The summed E-state index contributed by atoms with van der Waals surface area (Å²) < 4.78 is 67.4. The van der Waals surface area contributed by atoms with Crippen molar-refractivity contribution in [2.45, 2.75) is 12.4 Å². The minimum Gasteiger partial charge on any atom is -0.465 e. The molecule has 7 nitrogen and oxygen atoms in total. The van der Waals surface area contributed by atoms with Crippen LogP contribution in [0.1, 0.15) is 17.3 Å². The van der Waals surface area contributed by atoms with Crippen molar-refractivity contribution in [3.63, 3.8) is 0 Å². The van der Waals surface area contributed by atoms with Crippen LogP contribution in [0.2, 0.25) is 0 Å². The summed E-state index contributed by atoms with van der Waals surface area (Å²) in [5.41, 5.74) is -6.28. The number of anilines is 1. The summed E-state index contributed by atoms with van der Waals surface area (Å²) in [6.45, 7) is 1.05. The molecule has 1 aromatic carbocycles. The maximum atomic E-state index is 12.3. The maximum Gasteiger partial charge on any atom is 0.534 e. The molecule has 0 bridgehead atoms. The van der Waals surface area contributed by atoms with Gasteiger partial charge in [0, 0.05) is 6.92 Å². The number of rotatable bonds is 4. The number of hydrogen-bond acceptors (Lipinski definition) is 6. The van der Waals surface area contributed by atoms with E-state index in [1.54, 1.807) is 0 Å². The van der Waals surface area contributed by atoms with Gasteiger partial charge in [0.1, 0.15) is 0 Å². The number of nitrogens with one attached hydrogen (secondary N) is 1. The number of ether oxygens (including phenoxy) is 1. The van der Waals surface area contributed by atoms with E-state index in [0.717, 1.165) is 26.2 Å². The van der Waals surface area contributed by atoms with Crippen LogP contribution in [0, 0.1) is 0 Å². The summed E-state index contributed by atoms with van der Waals surface area (Å²) in [6, 6.07) is 2.83. The van der Waals surface area contributed by atoms with Crippen molar-refractivity contribution in [2.24, 2.45) is 0 Å². The smallest absolute Gasteiger partial charge is 0.465 e. The van der Waals surface area contributed by atoms with Crippen LogP contribution in [-0.4, -0.2) is 32.9 Å². The molecule has 0 spiro atoms. The Hall–Kier alpha value is -2.30. The molecule has 1 amide bonds. The highest BCUT2D eigenvalue weighted by Crippen LogP contribution is 2.32. The number of alkyl halides is 3. The van der Waals surface area contributed by atoms with E-state index in [1.807, 2.05) is 0 Å². The highest BCUT2D eigenvalue weighted by molar-refractivity contribution is 7.88. The highest BCUT2D eigenvalue weighted by Gasteiger charge is 2.48. The number of benzene rings is 1. The number of esters is 1. The lowest BCUT2D eigenvalue weighted by Gasteiger charge is -2.14. The highest BCUT2D eigenvalue weighted by atomic mass is 32.2. The molecule has 11 heteroatoms. The monoisotopic (exact) mass is 341 g/mol. The lowest BCUT2D eigenvalue weighted by molar-refractivity contribution is -0.114. The largest absolute Gasteiger partial charge is 0.534 e. The van der Waals surface area contributed by atoms with E-state index in [1.165, 1.54) is 0 Å².